The molecule has 0 atom stereocenters. The maximum absolute atomic E-state index is 6.11. The number of anilines is 1. The molecule has 1 heterocycles. The molecule has 2 aromatic rings. The number of ether oxygens (including phenoxy) is 1. The molecule has 0 aliphatic rings. The average molecular weight is 294 g/mol. The molecule has 0 aliphatic carbocycles. The van der Waals surface area contributed by atoms with E-state index in [0.29, 0.717) is 11.6 Å². The molecule has 2 rings (SSSR count). The normalized spacial score (nSPS) is 10.6. The van der Waals surface area contributed by atoms with Crippen LogP contribution in [0.25, 0.3) is 0 Å². The number of benzene rings is 1. The molecule has 0 aliphatic heterocycles. The van der Waals surface area contributed by atoms with E-state index in [1.165, 1.54) is 0 Å². The minimum atomic E-state index is 0.706. The Balaban J connectivity index is 2.14. The van der Waals surface area contributed by atoms with E-state index in [9.17, 15) is 0 Å². The molecule has 0 saturated heterocycles. The summed E-state index contributed by atoms with van der Waals surface area (Å²) in [6.07, 6.45) is 2.90. The number of aromatic nitrogens is 2. The maximum atomic E-state index is 6.11. The van der Waals surface area contributed by atoms with Crippen LogP contribution in [-0.4, -0.2) is 16.9 Å². The van der Waals surface area contributed by atoms with Gasteiger partial charge in [-0.3, -0.25) is 4.68 Å². The van der Waals surface area contributed by atoms with E-state index >= 15 is 0 Å². The fourth-order valence-electron chi connectivity index (χ4n) is 2.08. The van der Waals surface area contributed by atoms with Crippen molar-refractivity contribution in [1.29, 1.82) is 0 Å². The van der Waals surface area contributed by atoms with Crippen molar-refractivity contribution in [3.05, 3.63) is 40.7 Å². The van der Waals surface area contributed by atoms with Crippen LogP contribution in [0.15, 0.2) is 24.4 Å². The Kier molecular flexibility index (Phi) is 4.90. The lowest BCUT2D eigenvalue weighted by atomic mass is 10.2. The van der Waals surface area contributed by atoms with E-state index in [1.807, 2.05) is 36.0 Å². The predicted molar refractivity (Wildman–Crippen MR) is 82.6 cm³/mol. The number of hydrogen-bond acceptors (Lipinski definition) is 3. The van der Waals surface area contributed by atoms with Gasteiger partial charge in [-0.05, 0) is 31.0 Å². The zero-order chi connectivity index (χ0) is 14.5. The lowest BCUT2D eigenvalue weighted by molar-refractivity contribution is 0.416. The number of nitrogens with one attached hydrogen (secondary N) is 1. The summed E-state index contributed by atoms with van der Waals surface area (Å²) in [5.41, 5.74) is 3.12. The fraction of sp³-hybridized carbons (Fsp3) is 0.400. The van der Waals surface area contributed by atoms with Crippen molar-refractivity contribution in [3.8, 4) is 5.75 Å². The van der Waals surface area contributed by atoms with Crippen LogP contribution in [0, 0.1) is 6.92 Å². The van der Waals surface area contributed by atoms with E-state index in [-0.39, 0.29) is 0 Å². The molecule has 0 amide bonds. The number of methoxy groups -OCH3 is 1. The highest BCUT2D eigenvalue weighted by Crippen LogP contribution is 2.31. The first-order chi connectivity index (χ1) is 9.65. The largest absolute Gasteiger partial charge is 0.495 e. The number of rotatable bonds is 6. The van der Waals surface area contributed by atoms with E-state index in [0.717, 1.165) is 35.7 Å². The van der Waals surface area contributed by atoms with E-state index < -0.39 is 0 Å². The molecule has 1 aromatic carbocycles. The molecule has 1 aromatic heterocycles. The third-order valence-electron chi connectivity index (χ3n) is 3.18. The van der Waals surface area contributed by atoms with Crippen LogP contribution in [0.2, 0.25) is 5.02 Å². The number of aryl methyl sites for hydroxylation is 2. The highest BCUT2D eigenvalue weighted by Gasteiger charge is 2.08. The van der Waals surface area contributed by atoms with Crippen molar-refractivity contribution in [2.24, 2.45) is 0 Å². The maximum Gasteiger partial charge on any atom is 0.143 e. The number of hydrogen-bond donors (Lipinski definition) is 1. The SMILES string of the molecule is CCCn1nccc1CNc1cc(C)c(Cl)cc1OC. The molecule has 0 radical (unpaired) electrons. The molecular weight excluding hydrogens is 274 g/mol. The van der Waals surface area contributed by atoms with Crippen molar-refractivity contribution in [3.63, 3.8) is 0 Å². The van der Waals surface area contributed by atoms with Crippen LogP contribution >= 0.6 is 11.6 Å². The standard InChI is InChI=1S/C15H20ClN3O/c1-4-7-19-12(5-6-18-19)10-17-14-8-11(2)13(16)9-15(14)20-3/h5-6,8-9,17H,4,7,10H2,1-3H3. The summed E-state index contributed by atoms with van der Waals surface area (Å²) in [7, 11) is 1.65. The Morgan fingerprint density at radius 1 is 1.40 bits per heavy atom. The lowest BCUT2D eigenvalue weighted by Crippen LogP contribution is -2.09. The van der Waals surface area contributed by atoms with Gasteiger partial charge >= 0.3 is 0 Å². The Hall–Kier alpha value is -1.68. The highest BCUT2D eigenvalue weighted by molar-refractivity contribution is 6.31. The van der Waals surface area contributed by atoms with Crippen molar-refractivity contribution in [1.82, 2.24) is 9.78 Å². The van der Waals surface area contributed by atoms with Crippen LogP contribution in [-0.2, 0) is 13.1 Å². The van der Waals surface area contributed by atoms with Crippen molar-refractivity contribution >= 4 is 17.3 Å². The van der Waals surface area contributed by atoms with Gasteiger partial charge in [0.05, 0.1) is 25.0 Å². The second kappa shape index (κ2) is 6.66. The minimum absolute atomic E-state index is 0.706. The number of halogens is 1. The van der Waals surface area contributed by atoms with Gasteiger partial charge in [0.2, 0.25) is 0 Å². The van der Waals surface area contributed by atoms with Crippen LogP contribution in [0.5, 0.6) is 5.75 Å². The monoisotopic (exact) mass is 293 g/mol. The summed E-state index contributed by atoms with van der Waals surface area (Å²) in [5.74, 6) is 0.752. The summed E-state index contributed by atoms with van der Waals surface area (Å²) < 4.78 is 7.38. The van der Waals surface area contributed by atoms with E-state index in [1.54, 1.807) is 7.11 Å². The predicted octanol–water partition coefficient (Wildman–Crippen LogP) is 3.88. The molecule has 0 fully saturated rings. The fourth-order valence-corrected chi connectivity index (χ4v) is 2.23. The molecule has 0 saturated carbocycles. The quantitative estimate of drug-likeness (QED) is 0.878. The zero-order valence-corrected chi connectivity index (χ0v) is 12.9. The molecule has 108 valence electrons. The second-order valence-electron chi connectivity index (χ2n) is 4.70. The van der Waals surface area contributed by atoms with Crippen molar-refractivity contribution in [2.75, 3.05) is 12.4 Å². The number of nitrogens with zero attached hydrogens (tertiary/aromatic N) is 2. The van der Waals surface area contributed by atoms with Gasteiger partial charge in [0, 0.05) is 23.8 Å². The molecule has 1 N–H and O–H groups in total. The van der Waals surface area contributed by atoms with E-state index in [4.69, 9.17) is 16.3 Å². The molecule has 20 heavy (non-hydrogen) atoms. The first-order valence-corrected chi connectivity index (χ1v) is 7.12. The van der Waals surface area contributed by atoms with Gasteiger partial charge in [0.25, 0.3) is 0 Å². The average Bonchev–Trinajstić information content (AvgIpc) is 2.87. The van der Waals surface area contributed by atoms with Crippen molar-refractivity contribution < 1.29 is 4.74 Å². The summed E-state index contributed by atoms with van der Waals surface area (Å²) in [6, 6.07) is 5.86. The van der Waals surface area contributed by atoms with Crippen molar-refractivity contribution in [2.45, 2.75) is 33.4 Å². The first-order valence-electron chi connectivity index (χ1n) is 6.74. The molecule has 4 nitrogen and oxygen atoms in total. The lowest BCUT2D eigenvalue weighted by Gasteiger charge is -2.14. The third kappa shape index (κ3) is 3.25. The Bertz CT molecular complexity index is 580. The molecule has 5 heteroatoms. The van der Waals surface area contributed by atoms with E-state index in [2.05, 4.69) is 17.3 Å². The van der Waals surface area contributed by atoms with Gasteiger partial charge < -0.3 is 10.1 Å². The third-order valence-corrected chi connectivity index (χ3v) is 3.59. The zero-order valence-electron chi connectivity index (χ0n) is 12.1. The smallest absolute Gasteiger partial charge is 0.143 e. The summed E-state index contributed by atoms with van der Waals surface area (Å²) in [5, 5.41) is 8.42. The summed E-state index contributed by atoms with van der Waals surface area (Å²) in [4.78, 5) is 0. The summed E-state index contributed by atoms with van der Waals surface area (Å²) >= 11 is 6.11. The van der Waals surface area contributed by atoms with Gasteiger partial charge in [-0.2, -0.15) is 5.10 Å². The van der Waals surface area contributed by atoms with Gasteiger partial charge in [0.1, 0.15) is 5.75 Å². The Morgan fingerprint density at radius 2 is 2.20 bits per heavy atom. The Morgan fingerprint density at radius 3 is 2.90 bits per heavy atom. The van der Waals surface area contributed by atoms with Crippen LogP contribution in [0.4, 0.5) is 5.69 Å². The Labute approximate surface area is 124 Å². The minimum Gasteiger partial charge on any atom is -0.495 e. The van der Waals surface area contributed by atoms with Crippen LogP contribution < -0.4 is 10.1 Å². The summed E-state index contributed by atoms with van der Waals surface area (Å²) in [6.45, 7) is 5.76. The molecule has 0 bridgehead atoms. The highest BCUT2D eigenvalue weighted by atomic mass is 35.5. The molecule has 0 unspecified atom stereocenters. The topological polar surface area (TPSA) is 39.1 Å². The molecule has 0 spiro atoms. The second-order valence-corrected chi connectivity index (χ2v) is 5.11. The van der Waals surface area contributed by atoms with Gasteiger partial charge in [-0.25, -0.2) is 0 Å². The first kappa shape index (κ1) is 14.7. The molecular formula is C15H20ClN3O. The van der Waals surface area contributed by atoms with Gasteiger partial charge in [0.15, 0.2) is 0 Å². The van der Waals surface area contributed by atoms with Crippen LogP contribution in [0.1, 0.15) is 24.6 Å². The van der Waals surface area contributed by atoms with Crippen LogP contribution in [0.3, 0.4) is 0 Å². The van der Waals surface area contributed by atoms with Gasteiger partial charge in [-0.1, -0.05) is 18.5 Å². The van der Waals surface area contributed by atoms with Gasteiger partial charge in [-0.15, -0.1) is 0 Å².